The molecule has 1 spiro atoms. The molecular weight excluding hydrogens is 811 g/mol. The molecule has 0 fully saturated rings. The number of rotatable bonds is 6. The highest BCUT2D eigenvalue weighted by Crippen LogP contribution is 2.63. The molecule has 2 heteroatoms. The average molecular weight is 852 g/mol. The van der Waals surface area contributed by atoms with E-state index in [1.54, 1.807) is 0 Å². The van der Waals surface area contributed by atoms with Crippen LogP contribution in [0.5, 0.6) is 0 Å². The molecule has 0 amide bonds. The Hall–Kier alpha value is -8.72. The van der Waals surface area contributed by atoms with Crippen molar-refractivity contribution in [2.75, 3.05) is 4.90 Å². The highest BCUT2D eigenvalue weighted by molar-refractivity contribution is 6.12. The van der Waals surface area contributed by atoms with E-state index in [4.69, 9.17) is 4.42 Å². The van der Waals surface area contributed by atoms with E-state index >= 15 is 0 Å². The summed E-state index contributed by atoms with van der Waals surface area (Å²) in [5, 5.41) is 4.79. The lowest BCUT2D eigenvalue weighted by Gasteiger charge is -2.32. The van der Waals surface area contributed by atoms with Crippen LogP contribution in [0.3, 0.4) is 0 Å². The number of furan rings is 1. The van der Waals surface area contributed by atoms with Crippen LogP contribution in [0.25, 0.3) is 88.3 Å². The van der Waals surface area contributed by atoms with Crippen molar-refractivity contribution in [2.45, 2.75) is 5.41 Å². The van der Waals surface area contributed by atoms with Gasteiger partial charge in [-0.05, 0) is 137 Å². The molecule has 0 saturated heterocycles. The first-order valence-corrected chi connectivity index (χ1v) is 23.2. The van der Waals surface area contributed by atoms with Crippen LogP contribution in [0.2, 0.25) is 0 Å². The van der Waals surface area contributed by atoms with Gasteiger partial charge in [0.05, 0.1) is 5.41 Å². The Kier molecular flexibility index (Phi) is 8.23. The molecule has 2 aliphatic carbocycles. The van der Waals surface area contributed by atoms with Gasteiger partial charge in [0.15, 0.2) is 0 Å². The SMILES string of the molecule is c1ccc2c(c1)-c1ccccc1C21c2ccccc2-c2ccc(N(c3ccc(-c4ccc(-c5cccc6ccccc56)cc4)cc3)c3ccc(-c4cccc5oc6ccccc6c45)cc3)cc21. The summed E-state index contributed by atoms with van der Waals surface area (Å²) in [6.07, 6.45) is 0. The van der Waals surface area contributed by atoms with Gasteiger partial charge in [0.25, 0.3) is 0 Å². The van der Waals surface area contributed by atoms with E-state index in [9.17, 15) is 0 Å². The van der Waals surface area contributed by atoms with Crippen LogP contribution >= 0.6 is 0 Å². The Balaban J connectivity index is 0.912. The third-order valence-electron chi connectivity index (χ3n) is 14.5. The fourth-order valence-electron chi connectivity index (χ4n) is 11.6. The summed E-state index contributed by atoms with van der Waals surface area (Å²) in [5.74, 6) is 0. The Morgan fingerprint density at radius 2 is 0.716 bits per heavy atom. The molecular formula is C65H41NO. The quantitative estimate of drug-likeness (QED) is 0.166. The largest absolute Gasteiger partial charge is 0.456 e. The Morgan fingerprint density at radius 3 is 1.39 bits per heavy atom. The molecule has 0 bridgehead atoms. The van der Waals surface area contributed by atoms with Gasteiger partial charge in [0.1, 0.15) is 11.2 Å². The summed E-state index contributed by atoms with van der Waals surface area (Å²) in [6, 6.07) is 91.3. The van der Waals surface area contributed by atoms with Crippen molar-refractivity contribution in [1.29, 1.82) is 0 Å². The van der Waals surface area contributed by atoms with Crippen molar-refractivity contribution in [3.8, 4) is 55.6 Å². The number of hydrogen-bond acceptors (Lipinski definition) is 2. The van der Waals surface area contributed by atoms with Crippen molar-refractivity contribution < 1.29 is 4.42 Å². The molecule has 14 rings (SSSR count). The second kappa shape index (κ2) is 14.7. The predicted molar refractivity (Wildman–Crippen MR) is 279 cm³/mol. The zero-order valence-corrected chi connectivity index (χ0v) is 36.5. The number of anilines is 3. The molecule has 2 aliphatic rings. The molecule has 2 nitrogen and oxygen atoms in total. The summed E-state index contributed by atoms with van der Waals surface area (Å²) in [5.41, 5.74) is 22.3. The predicted octanol–water partition coefficient (Wildman–Crippen LogP) is 17.6. The Morgan fingerprint density at radius 1 is 0.284 bits per heavy atom. The fourth-order valence-corrected chi connectivity index (χ4v) is 11.6. The summed E-state index contributed by atoms with van der Waals surface area (Å²) in [6.45, 7) is 0. The van der Waals surface area contributed by atoms with Crippen LogP contribution in [0, 0.1) is 0 Å². The van der Waals surface area contributed by atoms with Crippen molar-refractivity contribution in [1.82, 2.24) is 0 Å². The molecule has 0 N–H and O–H groups in total. The molecule has 0 saturated carbocycles. The molecule has 0 radical (unpaired) electrons. The van der Waals surface area contributed by atoms with E-state index in [1.165, 1.54) is 77.5 Å². The van der Waals surface area contributed by atoms with Crippen LogP contribution in [-0.4, -0.2) is 0 Å². The van der Waals surface area contributed by atoms with Crippen molar-refractivity contribution in [3.63, 3.8) is 0 Å². The minimum atomic E-state index is -0.446. The number of nitrogens with zero attached hydrogens (tertiary/aromatic N) is 1. The van der Waals surface area contributed by atoms with Crippen molar-refractivity contribution in [3.05, 3.63) is 271 Å². The van der Waals surface area contributed by atoms with E-state index in [1.807, 2.05) is 6.07 Å². The lowest BCUT2D eigenvalue weighted by molar-refractivity contribution is 0.669. The van der Waals surface area contributed by atoms with Gasteiger partial charge in [-0.3, -0.25) is 0 Å². The second-order valence-corrected chi connectivity index (χ2v) is 17.9. The van der Waals surface area contributed by atoms with Crippen molar-refractivity contribution >= 4 is 49.8 Å². The van der Waals surface area contributed by atoms with E-state index in [0.717, 1.165) is 50.1 Å². The number of fused-ring (bicyclic) bond motifs is 14. The maximum absolute atomic E-state index is 6.31. The zero-order valence-electron chi connectivity index (χ0n) is 36.5. The minimum Gasteiger partial charge on any atom is -0.456 e. The van der Waals surface area contributed by atoms with Crippen LogP contribution in [0.4, 0.5) is 17.1 Å². The topological polar surface area (TPSA) is 16.4 Å². The van der Waals surface area contributed by atoms with Gasteiger partial charge in [-0.25, -0.2) is 0 Å². The van der Waals surface area contributed by atoms with Crippen LogP contribution in [-0.2, 0) is 5.41 Å². The molecule has 0 atom stereocenters. The van der Waals surface area contributed by atoms with Gasteiger partial charge in [-0.15, -0.1) is 0 Å². The molecule has 11 aromatic carbocycles. The highest BCUT2D eigenvalue weighted by atomic mass is 16.3. The Bertz CT molecular complexity index is 3840. The number of benzene rings is 11. The van der Waals surface area contributed by atoms with Gasteiger partial charge in [0, 0.05) is 27.8 Å². The summed E-state index contributed by atoms with van der Waals surface area (Å²) in [4.78, 5) is 2.43. The molecule has 0 unspecified atom stereocenters. The first kappa shape index (κ1) is 37.6. The van der Waals surface area contributed by atoms with E-state index in [-0.39, 0.29) is 0 Å². The summed E-state index contributed by atoms with van der Waals surface area (Å²) in [7, 11) is 0. The van der Waals surface area contributed by atoms with Crippen LogP contribution < -0.4 is 4.90 Å². The normalized spacial score (nSPS) is 12.9. The van der Waals surface area contributed by atoms with Crippen LogP contribution in [0.15, 0.2) is 253 Å². The van der Waals surface area contributed by atoms with E-state index in [0.29, 0.717) is 0 Å². The summed E-state index contributed by atoms with van der Waals surface area (Å²) < 4.78 is 6.31. The third-order valence-corrected chi connectivity index (χ3v) is 14.5. The number of para-hydroxylation sites is 1. The smallest absolute Gasteiger partial charge is 0.136 e. The standard InChI is InChI=1S/C65H41NO/c1-2-15-50-44(13-1)14-11-20-51(50)45-29-27-42(28-30-45)43-31-35-47(36-32-43)66(48-37-33-46(34-38-48)52-21-12-26-63-64(52)57-19-6-10-25-62(57)67-63)49-39-40-56-55-18-5-9-24-60(55)65(61(56)41-49)58-22-7-3-16-53(58)54-17-4-8-23-59(54)65/h1-41H. The Labute approximate surface area is 389 Å². The van der Waals surface area contributed by atoms with E-state index < -0.39 is 5.41 Å². The second-order valence-electron chi connectivity index (χ2n) is 17.9. The van der Waals surface area contributed by atoms with Gasteiger partial charge in [-0.1, -0.05) is 200 Å². The molecule has 312 valence electrons. The van der Waals surface area contributed by atoms with Gasteiger partial charge < -0.3 is 9.32 Å². The highest BCUT2D eigenvalue weighted by Gasteiger charge is 2.51. The van der Waals surface area contributed by atoms with E-state index in [2.05, 4.69) is 248 Å². The van der Waals surface area contributed by atoms with Crippen LogP contribution in [0.1, 0.15) is 22.3 Å². The van der Waals surface area contributed by atoms with Crippen molar-refractivity contribution in [2.24, 2.45) is 0 Å². The number of hydrogen-bond donors (Lipinski definition) is 0. The third kappa shape index (κ3) is 5.57. The molecule has 1 aromatic heterocycles. The first-order valence-electron chi connectivity index (χ1n) is 23.2. The minimum absolute atomic E-state index is 0.446. The fraction of sp³-hybridized carbons (Fsp3) is 0.0154. The molecule has 67 heavy (non-hydrogen) atoms. The first-order chi connectivity index (χ1) is 33.2. The maximum atomic E-state index is 6.31. The molecule has 0 aliphatic heterocycles. The lowest BCUT2D eigenvalue weighted by Crippen LogP contribution is -2.26. The van der Waals surface area contributed by atoms with Gasteiger partial charge >= 0.3 is 0 Å². The average Bonchev–Trinajstić information content (AvgIpc) is 4.03. The molecule has 1 heterocycles. The monoisotopic (exact) mass is 851 g/mol. The maximum Gasteiger partial charge on any atom is 0.136 e. The zero-order chi connectivity index (χ0) is 44.1. The lowest BCUT2D eigenvalue weighted by atomic mass is 9.70. The summed E-state index contributed by atoms with van der Waals surface area (Å²) >= 11 is 0. The van der Waals surface area contributed by atoms with Gasteiger partial charge in [-0.2, -0.15) is 0 Å². The molecule has 12 aromatic rings. The van der Waals surface area contributed by atoms with Gasteiger partial charge in [0.2, 0.25) is 0 Å².